The molecule has 1 heterocycles. The standard InChI is InChI=1S/C10H16N2O3S/c1-7-5-9(13)12(15-7)10(14)6-16-8(2)3-4-11/h5,8H,3-4,6,11H2,1-2H3. The molecule has 1 aromatic heterocycles. The van der Waals surface area contributed by atoms with E-state index in [2.05, 4.69) is 0 Å². The molecule has 1 unspecified atom stereocenters. The Balaban J connectivity index is 2.53. The van der Waals surface area contributed by atoms with Crippen molar-refractivity contribution in [3.8, 4) is 0 Å². The van der Waals surface area contributed by atoms with Crippen LogP contribution in [0, 0.1) is 6.92 Å². The number of rotatable bonds is 5. The molecule has 1 aromatic rings. The van der Waals surface area contributed by atoms with Crippen LogP contribution in [-0.2, 0) is 0 Å². The van der Waals surface area contributed by atoms with Gasteiger partial charge in [-0.25, -0.2) is 0 Å². The van der Waals surface area contributed by atoms with Crippen LogP contribution in [0.2, 0.25) is 0 Å². The lowest BCUT2D eigenvalue weighted by Gasteiger charge is -2.07. The van der Waals surface area contributed by atoms with Crippen molar-refractivity contribution in [2.75, 3.05) is 12.3 Å². The predicted octanol–water partition coefficient (Wildman–Crippen LogP) is 0.860. The highest BCUT2D eigenvalue weighted by molar-refractivity contribution is 8.00. The van der Waals surface area contributed by atoms with Crippen LogP contribution < -0.4 is 11.3 Å². The van der Waals surface area contributed by atoms with E-state index in [1.807, 2.05) is 6.92 Å². The molecule has 0 aliphatic rings. The maximum absolute atomic E-state index is 11.6. The van der Waals surface area contributed by atoms with Crippen molar-refractivity contribution in [3.63, 3.8) is 0 Å². The first-order chi connectivity index (χ1) is 7.54. The molecule has 90 valence electrons. The Kier molecular flexibility index (Phi) is 4.82. The third kappa shape index (κ3) is 3.53. The van der Waals surface area contributed by atoms with Crippen LogP contribution >= 0.6 is 11.8 Å². The van der Waals surface area contributed by atoms with Gasteiger partial charge in [0, 0.05) is 11.3 Å². The number of carbonyl (C=O) groups is 1. The number of nitrogens with zero attached hydrogens (tertiary/aromatic N) is 1. The van der Waals surface area contributed by atoms with Crippen molar-refractivity contribution in [1.82, 2.24) is 4.74 Å². The summed E-state index contributed by atoms with van der Waals surface area (Å²) in [4.78, 5) is 22.9. The fraction of sp³-hybridized carbons (Fsp3) is 0.600. The lowest BCUT2D eigenvalue weighted by atomic mass is 10.3. The zero-order valence-electron chi connectivity index (χ0n) is 9.43. The average Bonchev–Trinajstić information content (AvgIpc) is 2.55. The molecule has 0 fully saturated rings. The number of aryl methyl sites for hydroxylation is 1. The molecule has 0 aliphatic carbocycles. The van der Waals surface area contributed by atoms with Crippen LogP contribution in [0.25, 0.3) is 0 Å². The van der Waals surface area contributed by atoms with Gasteiger partial charge < -0.3 is 10.3 Å². The molecule has 6 heteroatoms. The number of hydrogen-bond acceptors (Lipinski definition) is 5. The highest BCUT2D eigenvalue weighted by atomic mass is 32.2. The highest BCUT2D eigenvalue weighted by Gasteiger charge is 2.13. The van der Waals surface area contributed by atoms with E-state index in [0.29, 0.717) is 17.6 Å². The number of carbonyl (C=O) groups excluding carboxylic acids is 1. The maximum Gasteiger partial charge on any atom is 0.290 e. The van der Waals surface area contributed by atoms with Crippen molar-refractivity contribution in [2.45, 2.75) is 25.5 Å². The van der Waals surface area contributed by atoms with E-state index in [9.17, 15) is 9.59 Å². The fourth-order valence-electron chi connectivity index (χ4n) is 1.21. The van der Waals surface area contributed by atoms with Crippen molar-refractivity contribution in [3.05, 3.63) is 22.2 Å². The van der Waals surface area contributed by atoms with E-state index in [1.165, 1.54) is 17.8 Å². The summed E-state index contributed by atoms with van der Waals surface area (Å²) in [6, 6.07) is 1.30. The zero-order chi connectivity index (χ0) is 12.1. The van der Waals surface area contributed by atoms with Gasteiger partial charge in [0.15, 0.2) is 0 Å². The zero-order valence-corrected chi connectivity index (χ0v) is 10.3. The largest absolute Gasteiger partial charge is 0.373 e. The quantitative estimate of drug-likeness (QED) is 0.831. The van der Waals surface area contributed by atoms with Crippen LogP contribution in [0.4, 0.5) is 0 Å². The van der Waals surface area contributed by atoms with E-state index in [0.717, 1.165) is 11.2 Å². The third-order valence-corrected chi connectivity index (χ3v) is 3.27. The molecular weight excluding hydrogens is 228 g/mol. The first-order valence-electron chi connectivity index (χ1n) is 5.09. The topological polar surface area (TPSA) is 78.2 Å². The summed E-state index contributed by atoms with van der Waals surface area (Å²) in [7, 11) is 0. The molecule has 0 radical (unpaired) electrons. The van der Waals surface area contributed by atoms with Crippen LogP contribution in [0.5, 0.6) is 0 Å². The van der Waals surface area contributed by atoms with E-state index < -0.39 is 5.56 Å². The molecule has 0 spiro atoms. The van der Waals surface area contributed by atoms with Crippen molar-refractivity contribution >= 4 is 17.7 Å². The predicted molar refractivity (Wildman–Crippen MR) is 63.9 cm³/mol. The lowest BCUT2D eigenvalue weighted by Crippen LogP contribution is -2.24. The normalized spacial score (nSPS) is 12.7. The highest BCUT2D eigenvalue weighted by Crippen LogP contribution is 2.13. The number of hydrogen-bond donors (Lipinski definition) is 1. The van der Waals surface area contributed by atoms with Gasteiger partial charge in [0.05, 0.1) is 5.75 Å². The Morgan fingerprint density at radius 1 is 1.69 bits per heavy atom. The summed E-state index contributed by atoms with van der Waals surface area (Å²) in [5.41, 5.74) is 4.99. The summed E-state index contributed by atoms with van der Waals surface area (Å²) < 4.78 is 5.79. The van der Waals surface area contributed by atoms with Gasteiger partial charge in [0.1, 0.15) is 5.76 Å². The van der Waals surface area contributed by atoms with E-state index in [-0.39, 0.29) is 11.7 Å². The number of nitrogens with two attached hydrogens (primary N) is 1. The van der Waals surface area contributed by atoms with Crippen molar-refractivity contribution in [1.29, 1.82) is 0 Å². The second-order valence-corrected chi connectivity index (χ2v) is 5.00. The molecule has 5 nitrogen and oxygen atoms in total. The summed E-state index contributed by atoms with van der Waals surface area (Å²) >= 11 is 1.47. The smallest absolute Gasteiger partial charge is 0.290 e. The second-order valence-electron chi connectivity index (χ2n) is 3.57. The first kappa shape index (κ1) is 13.1. The van der Waals surface area contributed by atoms with Gasteiger partial charge in [0.2, 0.25) is 0 Å². The molecule has 16 heavy (non-hydrogen) atoms. The molecule has 1 atom stereocenters. The Morgan fingerprint density at radius 3 is 2.88 bits per heavy atom. The van der Waals surface area contributed by atoms with Gasteiger partial charge in [-0.2, -0.15) is 0 Å². The maximum atomic E-state index is 11.6. The minimum absolute atomic E-state index is 0.230. The van der Waals surface area contributed by atoms with Gasteiger partial charge in [-0.1, -0.05) is 6.92 Å². The molecule has 0 aromatic carbocycles. The second kappa shape index (κ2) is 5.91. The molecule has 1 rings (SSSR count). The van der Waals surface area contributed by atoms with Crippen molar-refractivity contribution < 1.29 is 9.32 Å². The summed E-state index contributed by atoms with van der Waals surface area (Å²) in [5, 5.41) is 0.306. The molecule has 0 amide bonds. The Bertz CT molecular complexity index is 410. The fourth-order valence-corrected chi connectivity index (χ4v) is 2.06. The molecular formula is C10H16N2O3S. The summed E-state index contributed by atoms with van der Waals surface area (Å²) in [5.74, 6) is 0.346. The first-order valence-corrected chi connectivity index (χ1v) is 6.14. The van der Waals surface area contributed by atoms with Crippen molar-refractivity contribution in [2.24, 2.45) is 5.73 Å². The Labute approximate surface area is 97.9 Å². The lowest BCUT2D eigenvalue weighted by molar-refractivity contribution is 0.0813. The van der Waals surface area contributed by atoms with Gasteiger partial charge in [0.25, 0.3) is 11.5 Å². The average molecular weight is 244 g/mol. The van der Waals surface area contributed by atoms with Gasteiger partial charge in [-0.15, -0.1) is 16.5 Å². The van der Waals surface area contributed by atoms with Gasteiger partial charge in [-0.05, 0) is 19.9 Å². The van der Waals surface area contributed by atoms with E-state index >= 15 is 0 Å². The van der Waals surface area contributed by atoms with Crippen LogP contribution in [0.15, 0.2) is 15.4 Å². The minimum Gasteiger partial charge on any atom is -0.373 e. The molecule has 0 saturated heterocycles. The summed E-state index contributed by atoms with van der Waals surface area (Å²) in [6.45, 7) is 4.23. The van der Waals surface area contributed by atoms with Crippen LogP contribution in [-0.4, -0.2) is 28.2 Å². The van der Waals surface area contributed by atoms with E-state index in [1.54, 1.807) is 6.92 Å². The van der Waals surface area contributed by atoms with Crippen LogP contribution in [0.1, 0.15) is 23.9 Å². The minimum atomic E-state index is -0.408. The van der Waals surface area contributed by atoms with Gasteiger partial charge in [-0.3, -0.25) is 9.59 Å². The van der Waals surface area contributed by atoms with Gasteiger partial charge >= 0.3 is 0 Å². The molecule has 0 bridgehead atoms. The SMILES string of the molecule is Cc1cc(=O)n(C(=O)CSC(C)CCN)o1. The third-order valence-electron chi connectivity index (χ3n) is 2.05. The van der Waals surface area contributed by atoms with Crippen LogP contribution in [0.3, 0.4) is 0 Å². The Hall–Kier alpha value is -1.01. The monoisotopic (exact) mass is 244 g/mol. The van der Waals surface area contributed by atoms with E-state index in [4.69, 9.17) is 10.3 Å². The Morgan fingerprint density at radius 2 is 2.38 bits per heavy atom. The molecule has 2 N–H and O–H groups in total. The molecule has 0 aliphatic heterocycles. The number of thioether (sulfide) groups is 1. The molecule has 0 saturated carbocycles. The number of aromatic nitrogens is 1. The summed E-state index contributed by atoms with van der Waals surface area (Å²) in [6.07, 6.45) is 0.851.